The Hall–Kier alpha value is -1.40. The van der Waals surface area contributed by atoms with Crippen molar-refractivity contribution < 1.29 is 28.5 Å². The summed E-state index contributed by atoms with van der Waals surface area (Å²) in [5, 5.41) is 0. The van der Waals surface area contributed by atoms with Crippen molar-refractivity contribution in [3.63, 3.8) is 0 Å². The molecule has 0 rings (SSSR count). The van der Waals surface area contributed by atoms with Gasteiger partial charge in [0.2, 0.25) is 0 Å². The highest BCUT2D eigenvalue weighted by Crippen LogP contribution is 1.93. The van der Waals surface area contributed by atoms with Crippen LogP contribution in [0.3, 0.4) is 0 Å². The Morgan fingerprint density at radius 2 is 1.00 bits per heavy atom. The summed E-state index contributed by atoms with van der Waals surface area (Å²) in [7, 11) is 0. The summed E-state index contributed by atoms with van der Waals surface area (Å²) in [6, 6.07) is 0. The molecule has 0 aromatic carbocycles. The third-order valence-corrected chi connectivity index (χ3v) is 2.99. The predicted molar refractivity (Wildman–Crippen MR) is 91.7 cm³/mol. The molecule has 6 heteroatoms. The molecular weight excluding hydrogens is 312 g/mol. The molecule has 0 amide bonds. The molecule has 0 aliphatic heterocycles. The van der Waals surface area contributed by atoms with Crippen LogP contribution < -0.4 is 0 Å². The lowest BCUT2D eigenvalue weighted by Gasteiger charge is -2.04. The van der Waals surface area contributed by atoms with Gasteiger partial charge in [-0.05, 0) is 12.8 Å². The van der Waals surface area contributed by atoms with Crippen molar-refractivity contribution in [2.75, 3.05) is 39.6 Å². The Morgan fingerprint density at radius 1 is 0.625 bits per heavy atom. The van der Waals surface area contributed by atoms with E-state index in [0.29, 0.717) is 26.1 Å². The third kappa shape index (κ3) is 17.0. The zero-order valence-corrected chi connectivity index (χ0v) is 15.1. The molecule has 0 aromatic heterocycles. The fourth-order valence-electron chi connectivity index (χ4n) is 1.60. The molecule has 0 heterocycles. The maximum absolute atomic E-state index is 11.4. The summed E-state index contributed by atoms with van der Waals surface area (Å²) >= 11 is 0. The van der Waals surface area contributed by atoms with E-state index in [1.807, 2.05) is 0 Å². The van der Waals surface area contributed by atoms with E-state index in [9.17, 15) is 9.59 Å². The zero-order chi connectivity index (χ0) is 17.9. The second-order valence-electron chi connectivity index (χ2n) is 5.31. The maximum atomic E-state index is 11.4. The molecule has 6 nitrogen and oxygen atoms in total. The van der Waals surface area contributed by atoms with Gasteiger partial charge in [-0.25, -0.2) is 9.59 Å². The second kappa shape index (κ2) is 17.9. The molecule has 0 aliphatic rings. The molecule has 0 unspecified atom stereocenters. The van der Waals surface area contributed by atoms with Crippen LogP contribution in [0.1, 0.15) is 52.4 Å². The van der Waals surface area contributed by atoms with Crippen LogP contribution in [0, 0.1) is 0 Å². The predicted octanol–water partition coefficient (Wildman–Crippen LogP) is 3.04. The molecule has 0 saturated carbocycles. The average molecular weight is 344 g/mol. The van der Waals surface area contributed by atoms with Crippen molar-refractivity contribution >= 4 is 11.9 Å². The summed E-state index contributed by atoms with van der Waals surface area (Å²) in [6.07, 6.45) is 7.72. The highest BCUT2D eigenvalue weighted by Gasteiger charge is 2.01. The summed E-state index contributed by atoms with van der Waals surface area (Å²) in [5.74, 6) is -1.10. The van der Waals surface area contributed by atoms with Crippen LogP contribution in [0.15, 0.2) is 12.2 Å². The Balaban J connectivity index is 3.48. The van der Waals surface area contributed by atoms with E-state index < -0.39 is 11.9 Å². The number of hydrogen-bond acceptors (Lipinski definition) is 6. The van der Waals surface area contributed by atoms with Gasteiger partial charge in [-0.2, -0.15) is 0 Å². The first-order valence-corrected chi connectivity index (χ1v) is 8.87. The molecular formula is C18H32O6. The van der Waals surface area contributed by atoms with Crippen molar-refractivity contribution in [1.82, 2.24) is 0 Å². The van der Waals surface area contributed by atoms with E-state index in [-0.39, 0.29) is 13.2 Å². The molecule has 0 atom stereocenters. The first-order chi connectivity index (χ1) is 11.7. The van der Waals surface area contributed by atoms with E-state index in [0.717, 1.165) is 51.0 Å². The number of carbonyl (C=O) groups is 2. The van der Waals surface area contributed by atoms with E-state index in [4.69, 9.17) is 18.9 Å². The standard InChI is InChI=1S/C18H32O6/c1-3-5-11-21-13-7-15-23-17(19)9-10-18(20)24-16-8-14-22-12-6-4-2/h9-10H,3-8,11-16H2,1-2H3/b10-9-. The minimum absolute atomic E-state index is 0.277. The third-order valence-electron chi connectivity index (χ3n) is 2.99. The van der Waals surface area contributed by atoms with E-state index >= 15 is 0 Å². The number of ether oxygens (including phenoxy) is 4. The Labute approximate surface area is 145 Å². The number of carbonyl (C=O) groups excluding carboxylic acids is 2. The van der Waals surface area contributed by atoms with Crippen LogP contribution in [0.25, 0.3) is 0 Å². The molecule has 0 N–H and O–H groups in total. The Bertz CT molecular complexity index is 308. The molecule has 0 bridgehead atoms. The fraction of sp³-hybridized carbons (Fsp3) is 0.778. The highest BCUT2D eigenvalue weighted by molar-refractivity contribution is 5.91. The minimum Gasteiger partial charge on any atom is -0.462 e. The van der Waals surface area contributed by atoms with Gasteiger partial charge in [-0.3, -0.25) is 0 Å². The molecule has 0 radical (unpaired) electrons. The molecule has 24 heavy (non-hydrogen) atoms. The van der Waals surface area contributed by atoms with Gasteiger partial charge in [0.15, 0.2) is 0 Å². The van der Waals surface area contributed by atoms with Crippen molar-refractivity contribution in [3.8, 4) is 0 Å². The van der Waals surface area contributed by atoms with Crippen LogP contribution in [-0.4, -0.2) is 51.6 Å². The van der Waals surface area contributed by atoms with Gasteiger partial charge >= 0.3 is 11.9 Å². The van der Waals surface area contributed by atoms with Crippen LogP contribution in [-0.2, 0) is 28.5 Å². The van der Waals surface area contributed by atoms with Gasteiger partial charge in [0.25, 0.3) is 0 Å². The monoisotopic (exact) mass is 344 g/mol. The average Bonchev–Trinajstić information content (AvgIpc) is 2.58. The minimum atomic E-state index is -0.552. The van der Waals surface area contributed by atoms with Gasteiger partial charge < -0.3 is 18.9 Å². The van der Waals surface area contributed by atoms with Gasteiger partial charge in [0.1, 0.15) is 0 Å². The van der Waals surface area contributed by atoms with Gasteiger partial charge in [0.05, 0.1) is 13.2 Å². The van der Waals surface area contributed by atoms with Crippen LogP contribution in [0.2, 0.25) is 0 Å². The van der Waals surface area contributed by atoms with E-state index in [1.165, 1.54) is 0 Å². The molecule has 0 aromatic rings. The Kier molecular flexibility index (Phi) is 16.9. The number of unbranched alkanes of at least 4 members (excludes halogenated alkanes) is 2. The lowest BCUT2D eigenvalue weighted by molar-refractivity contribution is -0.140. The number of hydrogen-bond donors (Lipinski definition) is 0. The van der Waals surface area contributed by atoms with Gasteiger partial charge in [0, 0.05) is 51.4 Å². The maximum Gasteiger partial charge on any atom is 0.331 e. The van der Waals surface area contributed by atoms with Crippen molar-refractivity contribution in [3.05, 3.63) is 12.2 Å². The van der Waals surface area contributed by atoms with E-state index in [2.05, 4.69) is 13.8 Å². The van der Waals surface area contributed by atoms with Gasteiger partial charge in [-0.15, -0.1) is 0 Å². The fourth-order valence-corrected chi connectivity index (χ4v) is 1.60. The summed E-state index contributed by atoms with van der Waals surface area (Å²) in [6.45, 7) is 7.37. The highest BCUT2D eigenvalue weighted by atomic mass is 16.5. The zero-order valence-electron chi connectivity index (χ0n) is 15.1. The molecule has 0 aliphatic carbocycles. The molecule has 0 fully saturated rings. The Morgan fingerprint density at radius 3 is 1.38 bits per heavy atom. The van der Waals surface area contributed by atoms with Crippen molar-refractivity contribution in [2.24, 2.45) is 0 Å². The SMILES string of the molecule is CCCCOCCCOC(=O)/C=C\C(=O)OCCCOCCCC. The van der Waals surface area contributed by atoms with Crippen molar-refractivity contribution in [2.45, 2.75) is 52.4 Å². The van der Waals surface area contributed by atoms with Crippen molar-refractivity contribution in [1.29, 1.82) is 0 Å². The first kappa shape index (κ1) is 22.6. The summed E-state index contributed by atoms with van der Waals surface area (Å²) in [5.41, 5.74) is 0. The normalized spacial score (nSPS) is 10.9. The van der Waals surface area contributed by atoms with Crippen LogP contribution >= 0.6 is 0 Å². The van der Waals surface area contributed by atoms with Crippen LogP contribution in [0.5, 0.6) is 0 Å². The lowest BCUT2D eigenvalue weighted by Crippen LogP contribution is -2.08. The molecule has 140 valence electrons. The lowest BCUT2D eigenvalue weighted by atomic mass is 10.4. The van der Waals surface area contributed by atoms with Crippen LogP contribution in [0.4, 0.5) is 0 Å². The molecule has 0 spiro atoms. The quantitative estimate of drug-likeness (QED) is 0.243. The first-order valence-electron chi connectivity index (χ1n) is 8.87. The van der Waals surface area contributed by atoms with E-state index in [1.54, 1.807) is 0 Å². The number of esters is 2. The summed E-state index contributed by atoms with van der Waals surface area (Å²) < 4.78 is 20.6. The number of rotatable bonds is 16. The smallest absolute Gasteiger partial charge is 0.331 e. The van der Waals surface area contributed by atoms with Gasteiger partial charge in [-0.1, -0.05) is 26.7 Å². The summed E-state index contributed by atoms with van der Waals surface area (Å²) in [4.78, 5) is 22.8. The second-order valence-corrected chi connectivity index (χ2v) is 5.31. The molecule has 0 saturated heterocycles. The largest absolute Gasteiger partial charge is 0.462 e. The topological polar surface area (TPSA) is 71.1 Å².